The van der Waals surface area contributed by atoms with Gasteiger partial charge < -0.3 is 18.7 Å². The van der Waals surface area contributed by atoms with Crippen LogP contribution < -0.4 is 11.0 Å². The highest BCUT2D eigenvalue weighted by Gasteiger charge is 2.11. The van der Waals surface area contributed by atoms with Crippen LogP contribution in [-0.2, 0) is 19.1 Å². The summed E-state index contributed by atoms with van der Waals surface area (Å²) in [7, 11) is 0. The summed E-state index contributed by atoms with van der Waals surface area (Å²) in [5.74, 6) is -0.0875. The van der Waals surface area contributed by atoms with Gasteiger partial charge in [-0.2, -0.15) is 5.48 Å². The van der Waals surface area contributed by atoms with Crippen molar-refractivity contribution in [3.8, 4) is 0 Å². The molecule has 0 aliphatic carbocycles. The number of aromatic nitrogens is 1. The first kappa shape index (κ1) is 18.0. The largest absolute Gasteiger partial charge is 0.535 e. The summed E-state index contributed by atoms with van der Waals surface area (Å²) >= 11 is 0. The third kappa shape index (κ3) is 5.09. The summed E-state index contributed by atoms with van der Waals surface area (Å²) in [5.41, 5.74) is 3.84. The van der Waals surface area contributed by atoms with Crippen LogP contribution in [0.1, 0.15) is 19.4 Å². The van der Waals surface area contributed by atoms with Gasteiger partial charge in [-0.05, 0) is 43.6 Å². The van der Waals surface area contributed by atoms with Gasteiger partial charge >= 0.3 is 17.9 Å². The van der Waals surface area contributed by atoms with E-state index in [0.717, 1.165) is 5.56 Å². The van der Waals surface area contributed by atoms with Gasteiger partial charge in [0.2, 0.25) is 5.82 Å². The van der Waals surface area contributed by atoms with Crippen molar-refractivity contribution in [1.82, 2.24) is 4.98 Å². The topological polar surface area (TPSA) is 121 Å². The molecule has 0 saturated heterocycles. The Morgan fingerprint density at radius 2 is 1.92 bits per heavy atom. The number of nitrogens with one attached hydrogen (secondary N) is 1. The minimum absolute atomic E-state index is 0.0875. The Kier molecular flexibility index (Phi) is 6.15. The summed E-state index contributed by atoms with van der Waals surface area (Å²) < 4.78 is 14.7. The molecule has 1 aromatic heterocycles. The number of benzene rings is 1. The van der Waals surface area contributed by atoms with E-state index in [1.165, 1.54) is 0 Å². The van der Waals surface area contributed by atoms with Crippen molar-refractivity contribution in [2.45, 2.75) is 20.8 Å². The smallest absolute Gasteiger partial charge is 0.433 e. The van der Waals surface area contributed by atoms with E-state index in [2.05, 4.69) is 34.8 Å². The first-order valence-corrected chi connectivity index (χ1v) is 7.42. The molecule has 2 aromatic rings. The van der Waals surface area contributed by atoms with Crippen LogP contribution in [0, 0.1) is 6.92 Å². The Bertz CT molecular complexity index is 831. The molecule has 0 bridgehead atoms. The maximum Gasteiger partial charge on any atom is 0.535 e. The van der Waals surface area contributed by atoms with Crippen LogP contribution in [0.2, 0.25) is 0 Å². The van der Waals surface area contributed by atoms with E-state index < -0.39 is 12.3 Å². The van der Waals surface area contributed by atoms with Crippen LogP contribution in [0.5, 0.6) is 0 Å². The predicted octanol–water partition coefficient (Wildman–Crippen LogP) is 2.63. The van der Waals surface area contributed by atoms with E-state index in [9.17, 15) is 9.59 Å². The van der Waals surface area contributed by atoms with E-state index in [-0.39, 0.29) is 24.6 Å². The molecule has 25 heavy (non-hydrogen) atoms. The zero-order chi connectivity index (χ0) is 18.2. The number of aryl methyl sites for hydroxylation is 1. The number of nitrogens with zero attached hydrogens (tertiary/aromatic N) is 2. The van der Waals surface area contributed by atoms with Crippen molar-refractivity contribution < 1.29 is 33.2 Å². The Labute approximate surface area is 142 Å². The highest BCUT2D eigenvalue weighted by molar-refractivity contribution is 5.74. The van der Waals surface area contributed by atoms with Gasteiger partial charge in [0, 0.05) is 0 Å². The SMILES string of the molecule is CCOC(=O)O/N=c1/oc2ccc(C)cc2nc1NOC(=O)OCC. The minimum Gasteiger partial charge on any atom is -0.433 e. The van der Waals surface area contributed by atoms with Crippen LogP contribution in [0.4, 0.5) is 15.4 Å². The molecule has 0 amide bonds. The standard InChI is InChI=1S/C15H17N3O7/c1-4-21-14(19)24-17-12-13(18-25-15(20)22-5-2)23-11-7-6-9(3)8-10(11)16-12/h6-8H,4-5H2,1-3H3,(H,16,17)/b18-13+. The zero-order valence-electron chi connectivity index (χ0n) is 13.9. The summed E-state index contributed by atoms with van der Waals surface area (Å²) in [6, 6.07) is 5.24. The van der Waals surface area contributed by atoms with Crippen LogP contribution in [0.15, 0.2) is 27.8 Å². The van der Waals surface area contributed by atoms with Gasteiger partial charge in [-0.25, -0.2) is 14.6 Å². The summed E-state index contributed by atoms with van der Waals surface area (Å²) in [6.45, 7) is 5.38. The lowest BCUT2D eigenvalue weighted by Gasteiger charge is -2.07. The van der Waals surface area contributed by atoms with Crippen LogP contribution >= 0.6 is 0 Å². The lowest BCUT2D eigenvalue weighted by molar-refractivity contribution is 0.0545. The lowest BCUT2D eigenvalue weighted by Crippen LogP contribution is -2.19. The quantitative estimate of drug-likeness (QED) is 0.492. The molecule has 0 spiro atoms. The Morgan fingerprint density at radius 1 is 1.20 bits per heavy atom. The van der Waals surface area contributed by atoms with Crippen molar-refractivity contribution in [3.05, 3.63) is 29.3 Å². The van der Waals surface area contributed by atoms with Gasteiger partial charge in [0.15, 0.2) is 5.58 Å². The molecular formula is C15H17N3O7. The van der Waals surface area contributed by atoms with Gasteiger partial charge in [0.05, 0.1) is 13.2 Å². The maximum atomic E-state index is 11.3. The van der Waals surface area contributed by atoms with Gasteiger partial charge in [-0.1, -0.05) is 6.07 Å². The van der Waals surface area contributed by atoms with Crippen molar-refractivity contribution in [3.63, 3.8) is 0 Å². The first-order chi connectivity index (χ1) is 12.0. The molecule has 0 saturated carbocycles. The van der Waals surface area contributed by atoms with Crippen molar-refractivity contribution in [2.75, 3.05) is 18.7 Å². The number of ether oxygens (including phenoxy) is 2. The fourth-order valence-corrected chi connectivity index (χ4v) is 1.71. The number of hydrogen-bond acceptors (Lipinski definition) is 10. The molecule has 1 heterocycles. The number of fused-ring (bicyclic) bond motifs is 1. The van der Waals surface area contributed by atoms with Crippen LogP contribution in [0.3, 0.4) is 0 Å². The summed E-state index contributed by atoms with van der Waals surface area (Å²) in [6.07, 6.45) is -1.98. The average molecular weight is 351 g/mol. The number of carbonyl (C=O) groups excluding carboxylic acids is 2. The van der Waals surface area contributed by atoms with Crippen LogP contribution in [0.25, 0.3) is 11.1 Å². The average Bonchev–Trinajstić information content (AvgIpc) is 2.58. The second-order valence-corrected chi connectivity index (χ2v) is 4.59. The molecule has 0 unspecified atom stereocenters. The van der Waals surface area contributed by atoms with Crippen molar-refractivity contribution >= 4 is 29.2 Å². The highest BCUT2D eigenvalue weighted by atomic mass is 16.8. The Hall–Kier alpha value is -3.30. The minimum atomic E-state index is -1.01. The third-order valence-corrected chi connectivity index (χ3v) is 2.71. The van der Waals surface area contributed by atoms with Crippen molar-refractivity contribution in [1.29, 1.82) is 0 Å². The maximum absolute atomic E-state index is 11.3. The molecule has 1 aromatic carbocycles. The summed E-state index contributed by atoms with van der Waals surface area (Å²) in [5, 5.41) is 3.52. The van der Waals surface area contributed by atoms with Gasteiger partial charge in [-0.3, -0.25) is 4.84 Å². The Balaban J connectivity index is 2.36. The second-order valence-electron chi connectivity index (χ2n) is 4.59. The van der Waals surface area contributed by atoms with E-state index in [4.69, 9.17) is 4.42 Å². The predicted molar refractivity (Wildman–Crippen MR) is 84.1 cm³/mol. The molecule has 1 N–H and O–H groups in total. The number of carbonyl (C=O) groups is 2. The Morgan fingerprint density at radius 3 is 2.64 bits per heavy atom. The number of rotatable bonds is 5. The molecule has 134 valence electrons. The molecule has 0 aliphatic rings. The second kappa shape index (κ2) is 8.52. The number of anilines is 1. The van der Waals surface area contributed by atoms with Gasteiger partial charge in [-0.15, -0.1) is 0 Å². The van der Waals surface area contributed by atoms with Crippen molar-refractivity contribution in [2.24, 2.45) is 5.16 Å². The van der Waals surface area contributed by atoms with E-state index in [1.54, 1.807) is 26.0 Å². The van der Waals surface area contributed by atoms with E-state index in [1.807, 2.05) is 13.0 Å². The van der Waals surface area contributed by atoms with Crippen LogP contribution in [-0.4, -0.2) is 30.5 Å². The fraction of sp³-hybridized carbons (Fsp3) is 0.333. The van der Waals surface area contributed by atoms with Gasteiger partial charge in [0.25, 0.3) is 0 Å². The zero-order valence-corrected chi connectivity index (χ0v) is 13.9. The fourth-order valence-electron chi connectivity index (χ4n) is 1.71. The first-order valence-electron chi connectivity index (χ1n) is 7.42. The molecule has 10 nitrogen and oxygen atoms in total. The van der Waals surface area contributed by atoms with Gasteiger partial charge in [0.1, 0.15) is 5.52 Å². The normalized spacial score (nSPS) is 11.1. The molecule has 0 fully saturated rings. The van der Waals surface area contributed by atoms with E-state index in [0.29, 0.717) is 11.1 Å². The monoisotopic (exact) mass is 351 g/mol. The molecule has 2 rings (SSSR count). The van der Waals surface area contributed by atoms with E-state index >= 15 is 0 Å². The highest BCUT2D eigenvalue weighted by Crippen LogP contribution is 2.14. The summed E-state index contributed by atoms with van der Waals surface area (Å²) in [4.78, 5) is 36.0. The molecule has 0 aliphatic heterocycles. The molecule has 0 radical (unpaired) electrons. The number of hydrogen-bond donors (Lipinski definition) is 1. The third-order valence-electron chi connectivity index (χ3n) is 2.71. The lowest BCUT2D eigenvalue weighted by atomic mass is 10.2. The molecule has 0 atom stereocenters. The molecule has 10 heteroatoms. The molecular weight excluding hydrogens is 334 g/mol.